The van der Waals surface area contributed by atoms with Gasteiger partial charge in [0.2, 0.25) is 0 Å². The third-order valence-corrected chi connectivity index (χ3v) is 3.76. The average molecular weight is 270 g/mol. The van der Waals surface area contributed by atoms with Gasteiger partial charge in [-0.05, 0) is 31.0 Å². The van der Waals surface area contributed by atoms with Crippen molar-refractivity contribution in [1.82, 2.24) is 0 Å². The second kappa shape index (κ2) is 5.33. The molecule has 1 aliphatic rings. The molecule has 1 aromatic rings. The van der Waals surface area contributed by atoms with E-state index >= 15 is 0 Å². The minimum absolute atomic E-state index is 0.0795. The molecule has 5 heteroatoms. The van der Waals surface area contributed by atoms with E-state index in [1.54, 1.807) is 24.1 Å². The molecule has 0 radical (unpaired) electrons. The number of rotatable bonds is 4. The summed E-state index contributed by atoms with van der Waals surface area (Å²) in [6, 6.07) is 4.50. The molecule has 106 valence electrons. The molecule has 3 nitrogen and oxygen atoms in total. The molecule has 0 aromatic heterocycles. The van der Waals surface area contributed by atoms with Crippen molar-refractivity contribution in [2.45, 2.75) is 37.7 Å². The van der Waals surface area contributed by atoms with Crippen LogP contribution in [0, 0.1) is 0 Å². The van der Waals surface area contributed by atoms with E-state index in [-0.39, 0.29) is 5.56 Å². The number of benzene rings is 1. The number of nitrogen functional groups attached to an aromatic ring is 1. The van der Waals surface area contributed by atoms with E-state index in [0.29, 0.717) is 17.9 Å². The first-order valence-corrected chi connectivity index (χ1v) is 6.52. The predicted octanol–water partition coefficient (Wildman–Crippen LogP) is 2.95. The van der Waals surface area contributed by atoms with Crippen molar-refractivity contribution in [2.24, 2.45) is 0 Å². The highest BCUT2D eigenvalue weighted by Gasteiger charge is 2.33. The second-order valence-electron chi connectivity index (χ2n) is 5.41. The van der Waals surface area contributed by atoms with Gasteiger partial charge in [-0.3, -0.25) is 0 Å². The van der Waals surface area contributed by atoms with Crippen LogP contribution >= 0.6 is 0 Å². The van der Waals surface area contributed by atoms with Gasteiger partial charge in [0.05, 0.1) is 5.60 Å². The Morgan fingerprint density at radius 1 is 1.37 bits per heavy atom. The van der Waals surface area contributed by atoms with Crippen molar-refractivity contribution < 1.29 is 13.9 Å². The summed E-state index contributed by atoms with van der Waals surface area (Å²) in [4.78, 5) is 1.70. The Labute approximate surface area is 112 Å². The molecule has 1 aliphatic carbocycles. The monoisotopic (exact) mass is 270 g/mol. The predicted molar refractivity (Wildman–Crippen MR) is 72.5 cm³/mol. The molecule has 0 unspecified atom stereocenters. The maximum absolute atomic E-state index is 13.0. The van der Waals surface area contributed by atoms with Crippen LogP contribution in [0.4, 0.5) is 20.2 Å². The SMILES string of the molecule is CN(CC1(O)CCCC1)c1ccc(N)cc1C(F)F. The summed E-state index contributed by atoms with van der Waals surface area (Å²) in [6.07, 6.45) is 0.882. The third kappa shape index (κ3) is 3.15. The van der Waals surface area contributed by atoms with Gasteiger partial charge in [0.1, 0.15) is 0 Å². The van der Waals surface area contributed by atoms with Crippen molar-refractivity contribution in [3.8, 4) is 0 Å². The third-order valence-electron chi connectivity index (χ3n) is 3.76. The van der Waals surface area contributed by atoms with Gasteiger partial charge < -0.3 is 15.7 Å². The van der Waals surface area contributed by atoms with Crippen LogP contribution in [0.3, 0.4) is 0 Å². The van der Waals surface area contributed by atoms with Crippen LogP contribution in [-0.4, -0.2) is 24.3 Å². The topological polar surface area (TPSA) is 49.5 Å². The molecule has 3 N–H and O–H groups in total. The molecule has 0 spiro atoms. The van der Waals surface area contributed by atoms with E-state index in [9.17, 15) is 13.9 Å². The molecule has 1 aromatic carbocycles. The van der Waals surface area contributed by atoms with E-state index in [4.69, 9.17) is 5.73 Å². The first-order chi connectivity index (χ1) is 8.91. The summed E-state index contributed by atoms with van der Waals surface area (Å²) in [7, 11) is 1.73. The Balaban J connectivity index is 2.20. The van der Waals surface area contributed by atoms with Gasteiger partial charge in [-0.1, -0.05) is 12.8 Å². The quantitative estimate of drug-likeness (QED) is 0.827. The number of halogens is 2. The van der Waals surface area contributed by atoms with Gasteiger partial charge in [0, 0.05) is 30.5 Å². The molecule has 0 atom stereocenters. The molecule has 0 aliphatic heterocycles. The van der Waals surface area contributed by atoms with E-state index in [1.807, 2.05) is 0 Å². The van der Waals surface area contributed by atoms with Gasteiger partial charge in [-0.25, -0.2) is 8.78 Å². The lowest BCUT2D eigenvalue weighted by molar-refractivity contribution is 0.0557. The largest absolute Gasteiger partial charge is 0.399 e. The summed E-state index contributed by atoms with van der Waals surface area (Å²) >= 11 is 0. The molecule has 1 saturated carbocycles. The minimum atomic E-state index is -2.57. The second-order valence-corrected chi connectivity index (χ2v) is 5.41. The number of alkyl halides is 2. The molecule has 0 bridgehead atoms. The zero-order chi connectivity index (χ0) is 14.0. The molecule has 0 amide bonds. The number of nitrogens with two attached hydrogens (primary N) is 1. The minimum Gasteiger partial charge on any atom is -0.399 e. The fourth-order valence-electron chi connectivity index (χ4n) is 2.81. The molecular weight excluding hydrogens is 250 g/mol. The van der Waals surface area contributed by atoms with Crippen LogP contribution in [0.15, 0.2) is 18.2 Å². The van der Waals surface area contributed by atoms with Crippen LogP contribution in [0.1, 0.15) is 37.7 Å². The van der Waals surface area contributed by atoms with Crippen LogP contribution in [-0.2, 0) is 0 Å². The fourth-order valence-corrected chi connectivity index (χ4v) is 2.81. The van der Waals surface area contributed by atoms with Gasteiger partial charge in [0.25, 0.3) is 6.43 Å². The number of nitrogens with zero attached hydrogens (tertiary/aromatic N) is 1. The number of hydrogen-bond acceptors (Lipinski definition) is 3. The van der Waals surface area contributed by atoms with Gasteiger partial charge in [-0.2, -0.15) is 0 Å². The molecule has 0 heterocycles. The van der Waals surface area contributed by atoms with E-state index in [1.165, 1.54) is 6.07 Å². The summed E-state index contributed by atoms with van der Waals surface area (Å²) in [5, 5.41) is 10.4. The Morgan fingerprint density at radius 2 is 2.00 bits per heavy atom. The Kier molecular flexibility index (Phi) is 3.94. The lowest BCUT2D eigenvalue weighted by atomic mass is 10.0. The van der Waals surface area contributed by atoms with Gasteiger partial charge in [0.15, 0.2) is 0 Å². The zero-order valence-electron chi connectivity index (χ0n) is 11.1. The van der Waals surface area contributed by atoms with Crippen LogP contribution < -0.4 is 10.6 Å². The number of aliphatic hydroxyl groups is 1. The molecule has 2 rings (SSSR count). The van der Waals surface area contributed by atoms with Crippen molar-refractivity contribution >= 4 is 11.4 Å². The summed E-state index contributed by atoms with van der Waals surface area (Å²) in [5.41, 5.74) is 5.48. The smallest absolute Gasteiger partial charge is 0.265 e. The van der Waals surface area contributed by atoms with E-state index in [2.05, 4.69) is 0 Å². The lowest BCUT2D eigenvalue weighted by Gasteiger charge is -2.31. The van der Waals surface area contributed by atoms with Crippen LogP contribution in [0.5, 0.6) is 0 Å². The molecular formula is C14H20F2N2O. The number of anilines is 2. The highest BCUT2D eigenvalue weighted by molar-refractivity contribution is 5.60. The van der Waals surface area contributed by atoms with E-state index < -0.39 is 12.0 Å². The van der Waals surface area contributed by atoms with Crippen molar-refractivity contribution in [1.29, 1.82) is 0 Å². The van der Waals surface area contributed by atoms with Crippen molar-refractivity contribution in [3.05, 3.63) is 23.8 Å². The normalized spacial score (nSPS) is 17.9. The summed E-state index contributed by atoms with van der Waals surface area (Å²) < 4.78 is 26.1. The first kappa shape index (κ1) is 14.1. The van der Waals surface area contributed by atoms with Crippen LogP contribution in [0.2, 0.25) is 0 Å². The lowest BCUT2D eigenvalue weighted by Crippen LogP contribution is -2.39. The summed E-state index contributed by atoms with van der Waals surface area (Å²) in [6.45, 7) is 0.372. The van der Waals surface area contributed by atoms with E-state index in [0.717, 1.165) is 25.7 Å². The Bertz CT molecular complexity index is 445. The summed E-state index contributed by atoms with van der Waals surface area (Å²) in [5.74, 6) is 0. The first-order valence-electron chi connectivity index (χ1n) is 6.52. The van der Waals surface area contributed by atoms with Crippen molar-refractivity contribution in [3.63, 3.8) is 0 Å². The maximum atomic E-state index is 13.0. The average Bonchev–Trinajstić information content (AvgIpc) is 2.75. The molecule has 1 fully saturated rings. The standard InChI is InChI=1S/C14H20F2N2O/c1-18(9-14(19)6-2-3-7-14)12-5-4-10(17)8-11(12)13(15)16/h4-5,8,13,19H,2-3,6-7,9,17H2,1H3. The molecule has 0 saturated heterocycles. The highest BCUT2D eigenvalue weighted by atomic mass is 19.3. The number of hydrogen-bond donors (Lipinski definition) is 2. The number of likely N-dealkylation sites (N-methyl/N-ethyl adjacent to an activating group) is 1. The van der Waals surface area contributed by atoms with Gasteiger partial charge >= 0.3 is 0 Å². The Hall–Kier alpha value is -1.36. The Morgan fingerprint density at radius 3 is 2.58 bits per heavy atom. The van der Waals surface area contributed by atoms with Gasteiger partial charge in [-0.15, -0.1) is 0 Å². The van der Waals surface area contributed by atoms with Crippen LogP contribution in [0.25, 0.3) is 0 Å². The fraction of sp³-hybridized carbons (Fsp3) is 0.571. The zero-order valence-corrected chi connectivity index (χ0v) is 11.1. The maximum Gasteiger partial charge on any atom is 0.265 e. The molecule has 19 heavy (non-hydrogen) atoms. The van der Waals surface area contributed by atoms with Crippen molar-refractivity contribution in [2.75, 3.05) is 24.2 Å². The highest BCUT2D eigenvalue weighted by Crippen LogP contribution is 2.35.